The van der Waals surface area contributed by atoms with Crippen LogP contribution in [0.3, 0.4) is 0 Å². The van der Waals surface area contributed by atoms with Crippen LogP contribution in [0.25, 0.3) is 0 Å². The zero-order valence-electron chi connectivity index (χ0n) is 12.2. The Morgan fingerprint density at radius 2 is 1.80 bits per heavy atom. The molecule has 1 amide bonds. The van der Waals surface area contributed by atoms with Gasteiger partial charge in [0.2, 0.25) is 5.91 Å². The molecule has 110 valence electrons. The molecule has 0 saturated heterocycles. The third kappa shape index (κ3) is 6.15. The summed E-state index contributed by atoms with van der Waals surface area (Å²) in [5.41, 5.74) is 7.06. The lowest BCUT2D eigenvalue weighted by Gasteiger charge is -2.09. The van der Waals surface area contributed by atoms with E-state index in [0.717, 1.165) is 18.4 Å². The normalized spacial score (nSPS) is 10.2. The van der Waals surface area contributed by atoms with Crippen molar-refractivity contribution in [1.82, 2.24) is 0 Å². The van der Waals surface area contributed by atoms with Crippen LogP contribution in [0.5, 0.6) is 0 Å². The van der Waals surface area contributed by atoms with Crippen molar-refractivity contribution in [2.45, 2.75) is 51.9 Å². The van der Waals surface area contributed by atoms with Crippen molar-refractivity contribution in [3.05, 3.63) is 29.8 Å². The SMILES string of the molecule is CCCCCCCCC(=O)Nc1ccccc1C(N)=S. The van der Waals surface area contributed by atoms with Gasteiger partial charge in [-0.25, -0.2) is 0 Å². The second-order valence-electron chi connectivity index (χ2n) is 4.98. The zero-order chi connectivity index (χ0) is 14.8. The Hall–Kier alpha value is -1.42. The van der Waals surface area contributed by atoms with E-state index in [2.05, 4.69) is 12.2 Å². The van der Waals surface area contributed by atoms with Crippen molar-refractivity contribution in [3.8, 4) is 0 Å². The first-order valence-electron chi connectivity index (χ1n) is 7.33. The highest BCUT2D eigenvalue weighted by Crippen LogP contribution is 2.15. The smallest absolute Gasteiger partial charge is 0.224 e. The molecule has 0 aliphatic carbocycles. The van der Waals surface area contributed by atoms with Gasteiger partial charge in [-0.1, -0.05) is 63.4 Å². The topological polar surface area (TPSA) is 55.1 Å². The maximum absolute atomic E-state index is 11.9. The summed E-state index contributed by atoms with van der Waals surface area (Å²) in [7, 11) is 0. The number of benzene rings is 1. The second-order valence-corrected chi connectivity index (χ2v) is 5.42. The minimum Gasteiger partial charge on any atom is -0.389 e. The Labute approximate surface area is 126 Å². The van der Waals surface area contributed by atoms with Gasteiger partial charge in [0.05, 0.1) is 5.69 Å². The van der Waals surface area contributed by atoms with E-state index in [1.54, 1.807) is 0 Å². The molecule has 1 rings (SSSR count). The van der Waals surface area contributed by atoms with Crippen LogP contribution in [-0.4, -0.2) is 10.9 Å². The van der Waals surface area contributed by atoms with Crippen LogP contribution in [0, 0.1) is 0 Å². The third-order valence-corrected chi connectivity index (χ3v) is 3.44. The van der Waals surface area contributed by atoms with Gasteiger partial charge in [-0.3, -0.25) is 4.79 Å². The average molecular weight is 292 g/mol. The molecule has 0 aliphatic rings. The average Bonchev–Trinajstić information content (AvgIpc) is 2.43. The monoisotopic (exact) mass is 292 g/mol. The molecule has 0 aliphatic heterocycles. The van der Waals surface area contributed by atoms with Gasteiger partial charge >= 0.3 is 0 Å². The summed E-state index contributed by atoms with van der Waals surface area (Å²) < 4.78 is 0. The summed E-state index contributed by atoms with van der Waals surface area (Å²) in [5, 5.41) is 2.89. The molecule has 0 spiro atoms. The standard InChI is InChI=1S/C16H24N2OS/c1-2-3-4-5-6-7-12-15(19)18-14-11-9-8-10-13(14)16(17)20/h8-11H,2-7,12H2,1H3,(H2,17,20)(H,18,19). The quantitative estimate of drug-likeness (QED) is 0.534. The summed E-state index contributed by atoms with van der Waals surface area (Å²) in [6.45, 7) is 2.20. The largest absolute Gasteiger partial charge is 0.389 e. The molecular formula is C16H24N2OS. The highest BCUT2D eigenvalue weighted by molar-refractivity contribution is 7.80. The second kappa shape index (κ2) is 9.48. The van der Waals surface area contributed by atoms with E-state index in [4.69, 9.17) is 18.0 Å². The number of thiocarbonyl (C=S) groups is 1. The number of hydrogen-bond donors (Lipinski definition) is 2. The minimum atomic E-state index is 0.0317. The summed E-state index contributed by atoms with van der Waals surface area (Å²) in [5.74, 6) is 0.0317. The lowest BCUT2D eigenvalue weighted by molar-refractivity contribution is -0.116. The van der Waals surface area contributed by atoms with Gasteiger partial charge in [0.15, 0.2) is 0 Å². The van der Waals surface area contributed by atoms with Crippen LogP contribution in [0.1, 0.15) is 57.4 Å². The van der Waals surface area contributed by atoms with Crippen LogP contribution in [-0.2, 0) is 4.79 Å². The number of nitrogens with one attached hydrogen (secondary N) is 1. The molecule has 20 heavy (non-hydrogen) atoms. The highest BCUT2D eigenvalue weighted by Gasteiger charge is 2.07. The molecule has 1 aromatic rings. The van der Waals surface area contributed by atoms with E-state index in [-0.39, 0.29) is 5.91 Å². The lowest BCUT2D eigenvalue weighted by atomic mass is 10.1. The van der Waals surface area contributed by atoms with Crippen LogP contribution in [0.15, 0.2) is 24.3 Å². The number of carbonyl (C=O) groups is 1. The van der Waals surface area contributed by atoms with Crippen molar-refractivity contribution in [1.29, 1.82) is 0 Å². The summed E-state index contributed by atoms with van der Waals surface area (Å²) in [6.07, 6.45) is 7.61. The van der Waals surface area contributed by atoms with E-state index < -0.39 is 0 Å². The van der Waals surface area contributed by atoms with Crippen LogP contribution < -0.4 is 11.1 Å². The summed E-state index contributed by atoms with van der Waals surface area (Å²) >= 11 is 4.98. The molecule has 0 fully saturated rings. The van der Waals surface area contributed by atoms with Gasteiger partial charge in [-0.05, 0) is 18.6 Å². The number of amides is 1. The first kappa shape index (κ1) is 16.6. The van der Waals surface area contributed by atoms with Crippen molar-refractivity contribution < 1.29 is 4.79 Å². The van der Waals surface area contributed by atoms with Gasteiger partial charge < -0.3 is 11.1 Å². The maximum Gasteiger partial charge on any atom is 0.224 e. The molecular weight excluding hydrogens is 268 g/mol. The molecule has 0 heterocycles. The lowest BCUT2D eigenvalue weighted by Crippen LogP contribution is -2.17. The van der Waals surface area contributed by atoms with Crippen LogP contribution >= 0.6 is 12.2 Å². The van der Waals surface area contributed by atoms with Gasteiger partial charge in [-0.2, -0.15) is 0 Å². The predicted octanol–water partition coefficient (Wildman–Crippen LogP) is 4.01. The number of anilines is 1. The first-order chi connectivity index (χ1) is 9.65. The number of hydrogen-bond acceptors (Lipinski definition) is 2. The molecule has 4 heteroatoms. The van der Waals surface area contributed by atoms with Crippen LogP contribution in [0.4, 0.5) is 5.69 Å². The first-order valence-corrected chi connectivity index (χ1v) is 7.74. The highest BCUT2D eigenvalue weighted by atomic mass is 32.1. The predicted molar refractivity (Wildman–Crippen MR) is 89.0 cm³/mol. The Bertz CT molecular complexity index is 446. The molecule has 0 saturated carbocycles. The molecule has 0 radical (unpaired) electrons. The number of nitrogens with two attached hydrogens (primary N) is 1. The molecule has 0 atom stereocenters. The minimum absolute atomic E-state index is 0.0317. The number of rotatable bonds is 9. The molecule has 0 bridgehead atoms. The molecule has 3 N–H and O–H groups in total. The molecule has 1 aromatic carbocycles. The van der Waals surface area contributed by atoms with E-state index >= 15 is 0 Å². The van der Waals surface area contributed by atoms with Gasteiger partial charge in [-0.15, -0.1) is 0 Å². The van der Waals surface area contributed by atoms with Crippen molar-refractivity contribution in [2.24, 2.45) is 5.73 Å². The molecule has 3 nitrogen and oxygen atoms in total. The number of unbranched alkanes of at least 4 members (excludes halogenated alkanes) is 5. The Balaban J connectivity index is 2.34. The van der Waals surface area contributed by atoms with E-state index in [9.17, 15) is 4.79 Å². The number of carbonyl (C=O) groups excluding carboxylic acids is 1. The van der Waals surface area contributed by atoms with Gasteiger partial charge in [0, 0.05) is 12.0 Å². The molecule has 0 unspecified atom stereocenters. The van der Waals surface area contributed by atoms with Crippen LogP contribution in [0.2, 0.25) is 0 Å². The van der Waals surface area contributed by atoms with E-state index in [1.807, 2.05) is 24.3 Å². The Kier molecular flexibility index (Phi) is 7.88. The Morgan fingerprint density at radius 3 is 2.50 bits per heavy atom. The fourth-order valence-electron chi connectivity index (χ4n) is 2.09. The summed E-state index contributed by atoms with van der Waals surface area (Å²) in [6, 6.07) is 7.37. The molecule has 0 aromatic heterocycles. The maximum atomic E-state index is 11.9. The van der Waals surface area contributed by atoms with E-state index in [0.29, 0.717) is 17.1 Å². The zero-order valence-corrected chi connectivity index (χ0v) is 13.0. The van der Waals surface area contributed by atoms with E-state index in [1.165, 1.54) is 25.7 Å². The van der Waals surface area contributed by atoms with Crippen molar-refractivity contribution in [2.75, 3.05) is 5.32 Å². The summed E-state index contributed by atoms with van der Waals surface area (Å²) in [4.78, 5) is 12.2. The van der Waals surface area contributed by atoms with Crippen molar-refractivity contribution >= 4 is 28.8 Å². The third-order valence-electron chi connectivity index (χ3n) is 3.22. The number of para-hydroxylation sites is 1. The fourth-order valence-corrected chi connectivity index (χ4v) is 2.26. The van der Waals surface area contributed by atoms with Gasteiger partial charge in [0.25, 0.3) is 0 Å². The fraction of sp³-hybridized carbons (Fsp3) is 0.500. The Morgan fingerprint density at radius 1 is 1.15 bits per heavy atom. The van der Waals surface area contributed by atoms with Gasteiger partial charge in [0.1, 0.15) is 4.99 Å². The van der Waals surface area contributed by atoms with Crippen molar-refractivity contribution in [3.63, 3.8) is 0 Å².